The molecule has 1 rings (SSSR count). The number of benzene rings is 1. The van der Waals surface area contributed by atoms with Crippen LogP contribution < -0.4 is 14.2 Å². The highest BCUT2D eigenvalue weighted by Gasteiger charge is 2.16. The standard InChI is InChI=1S/C34H61ClO15/c1-36-4-7-39-10-13-42-16-19-45-22-25-48-32-28-31(30-35)29-33(49-26-23-46-20-17-43-14-11-40-8-5-37-2)34(32)50-27-24-47-21-18-44-15-12-41-9-6-38-3/h28-29H,4-27,30H2,1-3H3. The minimum absolute atomic E-state index is 0.263. The van der Waals surface area contributed by atoms with E-state index in [1.54, 1.807) is 21.3 Å². The Morgan fingerprint density at radius 3 is 0.840 bits per heavy atom. The molecule has 0 saturated heterocycles. The molecule has 294 valence electrons. The average Bonchev–Trinajstić information content (AvgIpc) is 3.13. The molecule has 0 aliphatic heterocycles. The first-order chi connectivity index (χ1) is 24.8. The van der Waals surface area contributed by atoms with Crippen LogP contribution in [0.4, 0.5) is 0 Å². The van der Waals surface area contributed by atoms with Crippen LogP contribution in [-0.2, 0) is 62.7 Å². The van der Waals surface area contributed by atoms with Crippen molar-refractivity contribution in [1.29, 1.82) is 0 Å². The van der Waals surface area contributed by atoms with Crippen LogP contribution in [-0.4, -0.2) is 180 Å². The van der Waals surface area contributed by atoms with Gasteiger partial charge >= 0.3 is 0 Å². The number of ether oxygens (including phenoxy) is 15. The molecule has 50 heavy (non-hydrogen) atoms. The van der Waals surface area contributed by atoms with E-state index >= 15 is 0 Å². The van der Waals surface area contributed by atoms with Gasteiger partial charge in [-0.1, -0.05) is 0 Å². The first-order valence-electron chi connectivity index (χ1n) is 17.0. The lowest BCUT2D eigenvalue weighted by Crippen LogP contribution is -2.16. The number of methoxy groups -OCH3 is 3. The zero-order chi connectivity index (χ0) is 36.0. The zero-order valence-electron chi connectivity index (χ0n) is 30.3. The molecule has 1 aromatic rings. The molecule has 0 amide bonds. The van der Waals surface area contributed by atoms with Gasteiger partial charge in [0.1, 0.15) is 19.8 Å². The van der Waals surface area contributed by atoms with E-state index in [0.29, 0.717) is 156 Å². The van der Waals surface area contributed by atoms with Crippen molar-refractivity contribution in [1.82, 2.24) is 0 Å². The molecule has 16 heteroatoms. The summed E-state index contributed by atoms with van der Waals surface area (Å²) in [5, 5.41) is 0. The van der Waals surface area contributed by atoms with E-state index in [-0.39, 0.29) is 25.7 Å². The van der Waals surface area contributed by atoms with Gasteiger partial charge in [-0.2, -0.15) is 0 Å². The molecule has 0 saturated carbocycles. The van der Waals surface area contributed by atoms with Crippen LogP contribution in [0.5, 0.6) is 17.2 Å². The molecule has 0 aliphatic rings. The Labute approximate surface area is 303 Å². The van der Waals surface area contributed by atoms with Gasteiger partial charge in [0.2, 0.25) is 5.75 Å². The van der Waals surface area contributed by atoms with E-state index in [0.717, 1.165) is 5.56 Å². The van der Waals surface area contributed by atoms with Crippen LogP contribution >= 0.6 is 11.6 Å². The summed E-state index contributed by atoms with van der Waals surface area (Å²) in [6, 6.07) is 3.66. The molecular formula is C34H61ClO15. The van der Waals surface area contributed by atoms with Gasteiger partial charge in [0, 0.05) is 27.2 Å². The maximum atomic E-state index is 6.21. The normalized spacial score (nSPS) is 11.4. The molecule has 0 spiro atoms. The van der Waals surface area contributed by atoms with Crippen LogP contribution in [0, 0.1) is 0 Å². The molecule has 0 unspecified atom stereocenters. The number of alkyl halides is 1. The van der Waals surface area contributed by atoms with Gasteiger partial charge < -0.3 is 71.1 Å². The van der Waals surface area contributed by atoms with Gasteiger partial charge in [-0.15, -0.1) is 11.6 Å². The summed E-state index contributed by atoms with van der Waals surface area (Å²) in [7, 11) is 4.91. The molecule has 15 nitrogen and oxygen atoms in total. The summed E-state index contributed by atoms with van der Waals surface area (Å²) in [6.45, 7) is 10.8. The summed E-state index contributed by atoms with van der Waals surface area (Å²) in [6.07, 6.45) is 0. The Kier molecular flexibility index (Phi) is 34.6. The molecule has 0 aliphatic carbocycles. The summed E-state index contributed by atoms with van der Waals surface area (Å²) in [5.74, 6) is 1.69. The van der Waals surface area contributed by atoms with E-state index in [2.05, 4.69) is 0 Å². The topological polar surface area (TPSA) is 138 Å². The van der Waals surface area contributed by atoms with E-state index in [1.807, 2.05) is 12.1 Å². The smallest absolute Gasteiger partial charge is 0.203 e. The second-order valence-corrected chi connectivity index (χ2v) is 10.4. The van der Waals surface area contributed by atoms with E-state index < -0.39 is 0 Å². The molecule has 0 atom stereocenters. The van der Waals surface area contributed by atoms with Crippen LogP contribution in [0.15, 0.2) is 12.1 Å². The predicted octanol–water partition coefficient (Wildman–Crippen LogP) is 2.65. The van der Waals surface area contributed by atoms with Crippen LogP contribution in [0.1, 0.15) is 5.56 Å². The van der Waals surface area contributed by atoms with Gasteiger partial charge in [-0.25, -0.2) is 0 Å². The zero-order valence-corrected chi connectivity index (χ0v) is 31.1. The highest BCUT2D eigenvalue weighted by Crippen LogP contribution is 2.39. The molecule has 0 radical (unpaired) electrons. The SMILES string of the molecule is COCCOCCOCCOCCOc1cc(CCl)cc(OCCOCCOCCOCCOC)c1OCCOCCOCCOCCOC. The lowest BCUT2D eigenvalue weighted by atomic mass is 10.2. The Balaban J connectivity index is 2.51. The molecule has 1 aromatic carbocycles. The summed E-state index contributed by atoms with van der Waals surface area (Å²) >= 11 is 6.21. The Morgan fingerprint density at radius 2 is 0.580 bits per heavy atom. The van der Waals surface area contributed by atoms with Crippen LogP contribution in [0.25, 0.3) is 0 Å². The van der Waals surface area contributed by atoms with Crippen molar-refractivity contribution in [2.24, 2.45) is 0 Å². The van der Waals surface area contributed by atoms with Gasteiger partial charge in [-0.3, -0.25) is 0 Å². The van der Waals surface area contributed by atoms with Crippen molar-refractivity contribution in [3.63, 3.8) is 0 Å². The highest BCUT2D eigenvalue weighted by molar-refractivity contribution is 6.17. The predicted molar refractivity (Wildman–Crippen MR) is 185 cm³/mol. The fourth-order valence-electron chi connectivity index (χ4n) is 3.74. The summed E-state index contributed by atoms with van der Waals surface area (Å²) in [5.41, 5.74) is 0.813. The Hall–Kier alpha value is -1.57. The molecular weight excluding hydrogens is 684 g/mol. The largest absolute Gasteiger partial charge is 0.487 e. The Morgan fingerprint density at radius 1 is 0.340 bits per heavy atom. The van der Waals surface area contributed by atoms with Crippen molar-refractivity contribution in [3.05, 3.63) is 17.7 Å². The minimum atomic E-state index is 0.263. The third kappa shape index (κ3) is 28.1. The summed E-state index contributed by atoms with van der Waals surface area (Å²) < 4.78 is 82.7. The highest BCUT2D eigenvalue weighted by atomic mass is 35.5. The Bertz CT molecular complexity index is 806. The molecule has 0 aromatic heterocycles. The number of rotatable bonds is 40. The number of halogens is 1. The molecule has 0 bridgehead atoms. The van der Waals surface area contributed by atoms with Crippen LogP contribution in [0.2, 0.25) is 0 Å². The third-order valence-electron chi connectivity index (χ3n) is 6.21. The molecule has 0 heterocycles. The summed E-state index contributed by atoms with van der Waals surface area (Å²) in [4.78, 5) is 0. The van der Waals surface area contributed by atoms with Gasteiger partial charge in [0.15, 0.2) is 11.5 Å². The lowest BCUT2D eigenvalue weighted by Gasteiger charge is -2.18. The van der Waals surface area contributed by atoms with E-state index in [4.69, 9.17) is 82.7 Å². The molecule has 0 fully saturated rings. The maximum Gasteiger partial charge on any atom is 0.203 e. The van der Waals surface area contributed by atoms with Crippen molar-refractivity contribution < 1.29 is 71.1 Å². The monoisotopic (exact) mass is 744 g/mol. The van der Waals surface area contributed by atoms with Crippen molar-refractivity contribution in [2.45, 2.75) is 5.88 Å². The first kappa shape index (κ1) is 46.5. The van der Waals surface area contributed by atoms with Gasteiger partial charge in [0.25, 0.3) is 0 Å². The van der Waals surface area contributed by atoms with Gasteiger partial charge in [-0.05, 0) is 17.7 Å². The quantitative estimate of drug-likeness (QED) is 0.0719. The first-order valence-corrected chi connectivity index (χ1v) is 17.6. The minimum Gasteiger partial charge on any atom is -0.487 e. The van der Waals surface area contributed by atoms with E-state index in [9.17, 15) is 0 Å². The second kappa shape index (κ2) is 37.2. The maximum absolute atomic E-state index is 6.21. The van der Waals surface area contributed by atoms with Gasteiger partial charge in [0.05, 0.1) is 139 Å². The van der Waals surface area contributed by atoms with Crippen LogP contribution in [0.3, 0.4) is 0 Å². The van der Waals surface area contributed by atoms with Crippen molar-refractivity contribution in [3.8, 4) is 17.2 Å². The van der Waals surface area contributed by atoms with Crippen molar-refractivity contribution in [2.75, 3.05) is 180 Å². The lowest BCUT2D eigenvalue weighted by molar-refractivity contribution is -0.00160. The second-order valence-electron chi connectivity index (χ2n) is 10.1. The number of hydrogen-bond acceptors (Lipinski definition) is 15. The average molecular weight is 745 g/mol. The molecule has 0 N–H and O–H groups in total. The van der Waals surface area contributed by atoms with E-state index in [1.165, 1.54) is 0 Å². The number of hydrogen-bond donors (Lipinski definition) is 0. The van der Waals surface area contributed by atoms with Crippen molar-refractivity contribution >= 4 is 11.6 Å². The third-order valence-corrected chi connectivity index (χ3v) is 6.52. The fraction of sp³-hybridized carbons (Fsp3) is 0.824. The fourth-order valence-corrected chi connectivity index (χ4v) is 3.90.